The number of rotatable bonds is 26. The number of methoxy groups -OCH3 is 2. The molecule has 100 heavy (non-hydrogen) atoms. The number of ether oxygens (including phenoxy) is 2. The second kappa shape index (κ2) is 34.3. The Labute approximate surface area is 572 Å². The highest BCUT2D eigenvalue weighted by atomic mass is 79.9. The zero-order valence-corrected chi connectivity index (χ0v) is 55.1. The molecule has 4 aromatic carbocycles. The van der Waals surface area contributed by atoms with Gasteiger partial charge in [0, 0.05) is 105 Å². The van der Waals surface area contributed by atoms with Crippen molar-refractivity contribution in [3.8, 4) is 11.1 Å². The molecule has 532 valence electrons. The highest BCUT2D eigenvalue weighted by Gasteiger charge is 2.41. The van der Waals surface area contributed by atoms with Crippen LogP contribution in [-0.2, 0) is 83.0 Å². The molecule has 2 aliphatic rings. The average Bonchev–Trinajstić information content (AvgIpc) is 1.56. The number of alkyl halides is 6. The number of nitrogens with two attached hydrogens (primary N) is 2. The number of benzene rings is 4. The molecule has 0 saturated carbocycles. The standard InChI is InChI=1S/C33H32F6N6O3.C26H27BrF5N5O2.C7H7BFNO3/c1-48-9-8-41-32-42-16-26(19-6-7-27(36)25(14-19)31(40)47)29(43-32)20(10-18-11-21(34)15-22(35)12-18)13-23(46)17-45-28-5-3-2-4-24(28)30(44-45)33(37,38)39;1-39-7-6-33-25-34-13-21(27)23(35-25)16(8-15-9-17(28)12-18(29)10-15)11-19(38)14-37-22-5-3-2-4-20(22)24(36-37)26(30,31)32;9-6-2-1-4(8(12)13)3-5(6)7(10)11/h6-7,11-12,14-16,20H,2-5,8-10,13,17H2,1H3,(H2,40,47)(H,41,42,43);9-10,12-13,16H,2-8,11,14H2,1H3,(H,33,34,35);1-3,12-13H,(H2,10,11)/t20-;16-;/m00./s1. The number of hydrogen-bond acceptors (Lipinski definition) is 16. The lowest BCUT2D eigenvalue weighted by Crippen LogP contribution is -2.31. The Morgan fingerprint density at radius 1 is 0.590 bits per heavy atom. The van der Waals surface area contributed by atoms with Crippen molar-refractivity contribution in [2.24, 2.45) is 11.5 Å². The third kappa shape index (κ3) is 20.5. The van der Waals surface area contributed by atoms with E-state index in [4.69, 9.17) is 31.0 Å². The highest BCUT2D eigenvalue weighted by molar-refractivity contribution is 9.10. The summed E-state index contributed by atoms with van der Waals surface area (Å²) in [4.78, 5) is 67.2. The summed E-state index contributed by atoms with van der Waals surface area (Å²) >= 11 is 3.41. The number of Topliss-reactive ketones (excluding diaryl/α,β-unsaturated/α-hetero) is 2. The molecule has 0 saturated heterocycles. The number of nitrogens with zero attached hydrogens (tertiary/aromatic N) is 8. The molecule has 0 spiro atoms. The second-order valence-corrected chi connectivity index (χ2v) is 24.3. The first-order valence-electron chi connectivity index (χ1n) is 31.1. The molecular weight excluding hydrogens is 1410 g/mol. The number of carbonyl (C=O) groups is 4. The first-order chi connectivity index (χ1) is 47.4. The molecule has 0 aliphatic heterocycles. The minimum absolute atomic E-state index is 0.0233. The van der Waals surface area contributed by atoms with Crippen LogP contribution in [0.4, 0.5) is 64.6 Å². The van der Waals surface area contributed by atoms with Crippen LogP contribution in [0.1, 0.15) is 127 Å². The van der Waals surface area contributed by atoms with Gasteiger partial charge in [0.2, 0.25) is 11.9 Å². The van der Waals surface area contributed by atoms with Gasteiger partial charge in [-0.05, 0) is 151 Å². The van der Waals surface area contributed by atoms with Crippen molar-refractivity contribution in [2.45, 2.75) is 114 Å². The number of aromatic nitrogens is 8. The Morgan fingerprint density at radius 2 is 1.01 bits per heavy atom. The molecule has 4 aromatic heterocycles. The summed E-state index contributed by atoms with van der Waals surface area (Å²) in [7, 11) is 1.30. The lowest BCUT2D eigenvalue weighted by atomic mass is 9.79. The number of carbonyl (C=O) groups excluding carboxylic acids is 4. The van der Waals surface area contributed by atoms with Gasteiger partial charge in [-0.2, -0.15) is 36.5 Å². The third-order valence-electron chi connectivity index (χ3n) is 16.1. The molecule has 0 bridgehead atoms. The van der Waals surface area contributed by atoms with Crippen LogP contribution in [0.25, 0.3) is 11.1 Å². The lowest BCUT2D eigenvalue weighted by Gasteiger charge is -2.21. The summed E-state index contributed by atoms with van der Waals surface area (Å²) in [5.74, 6) is -8.96. The van der Waals surface area contributed by atoms with Crippen molar-refractivity contribution in [1.29, 1.82) is 0 Å². The molecule has 8 N–H and O–H groups in total. The van der Waals surface area contributed by atoms with E-state index in [2.05, 4.69) is 56.7 Å². The lowest BCUT2D eigenvalue weighted by molar-refractivity contribution is -0.143. The molecule has 8 aromatic rings. The molecule has 0 fully saturated rings. The normalized spacial score (nSPS) is 13.4. The number of amides is 2. The summed E-state index contributed by atoms with van der Waals surface area (Å²) in [6, 6.07) is 12.7. The second-order valence-electron chi connectivity index (χ2n) is 23.4. The van der Waals surface area contributed by atoms with Gasteiger partial charge in [-0.1, -0.05) is 12.1 Å². The van der Waals surface area contributed by atoms with E-state index in [1.54, 1.807) is 7.11 Å². The van der Waals surface area contributed by atoms with Crippen LogP contribution in [0.3, 0.4) is 0 Å². The van der Waals surface area contributed by atoms with Gasteiger partial charge in [-0.15, -0.1) is 0 Å². The summed E-state index contributed by atoms with van der Waals surface area (Å²) in [5, 5.41) is 31.0. The fraction of sp³-hybridized carbons (Fsp3) is 0.364. The van der Waals surface area contributed by atoms with E-state index in [0.29, 0.717) is 98.0 Å². The Hall–Kier alpha value is -9.12. The summed E-state index contributed by atoms with van der Waals surface area (Å²) in [6.45, 7) is 0.569. The maximum absolute atomic E-state index is 14.4. The number of anilines is 2. The molecule has 0 unspecified atom stereocenters. The van der Waals surface area contributed by atoms with Gasteiger partial charge >= 0.3 is 19.5 Å². The first kappa shape index (κ1) is 76.6. The number of primary amides is 2. The topological polar surface area (TPSA) is 290 Å². The van der Waals surface area contributed by atoms with Crippen molar-refractivity contribution >= 4 is 63.8 Å². The van der Waals surface area contributed by atoms with Crippen molar-refractivity contribution in [3.63, 3.8) is 0 Å². The van der Waals surface area contributed by atoms with E-state index in [1.165, 1.54) is 43.8 Å². The molecule has 2 atom stereocenters. The fourth-order valence-corrected chi connectivity index (χ4v) is 12.2. The monoisotopic (exact) mass is 1470 g/mol. The maximum atomic E-state index is 14.4. The van der Waals surface area contributed by atoms with E-state index in [9.17, 15) is 71.9 Å². The van der Waals surface area contributed by atoms with Crippen molar-refractivity contribution < 1.29 is 91.4 Å². The van der Waals surface area contributed by atoms with Gasteiger partial charge in [0.15, 0.2) is 23.0 Å². The highest BCUT2D eigenvalue weighted by Crippen LogP contribution is 2.40. The van der Waals surface area contributed by atoms with Crippen LogP contribution in [0.2, 0.25) is 0 Å². The van der Waals surface area contributed by atoms with E-state index >= 15 is 0 Å². The minimum Gasteiger partial charge on any atom is -0.423 e. The largest absolute Gasteiger partial charge is 0.488 e. The smallest absolute Gasteiger partial charge is 0.423 e. The maximum Gasteiger partial charge on any atom is 0.488 e. The van der Waals surface area contributed by atoms with E-state index in [-0.39, 0.29) is 107 Å². The molecular formula is C66H66BBrF12N12O8. The molecule has 2 amide bonds. The fourth-order valence-electron chi connectivity index (χ4n) is 11.7. The number of fused-ring (bicyclic) bond motifs is 2. The van der Waals surface area contributed by atoms with Crippen LogP contribution in [0.5, 0.6) is 0 Å². The van der Waals surface area contributed by atoms with Gasteiger partial charge in [0.25, 0.3) is 11.8 Å². The summed E-state index contributed by atoms with van der Waals surface area (Å²) < 4.78 is 179. The SMILES string of the molecule is COCCNc1ncc(-c2ccc(F)c(C(N)=O)c2)c([C@H](CC(=O)Cn2nc(C(F)(F)F)c3c2CCCC3)Cc2cc(F)cc(F)c2)n1.COCCNc1ncc(Br)c([C@H](CC(=O)Cn2nc(C(F)(F)F)c3c2CCCC3)Cc2cc(F)cc(F)c2)n1.NC(=O)c1cc(B(O)O)ccc1F. The van der Waals surface area contributed by atoms with Crippen LogP contribution in [0, 0.1) is 34.9 Å². The number of nitrogens with one attached hydrogen (secondary N) is 2. The zero-order valence-electron chi connectivity index (χ0n) is 53.5. The minimum atomic E-state index is -4.69. The van der Waals surface area contributed by atoms with Gasteiger partial charge in [-0.3, -0.25) is 28.5 Å². The number of halogens is 13. The quantitative estimate of drug-likeness (QED) is 0.0167. The van der Waals surface area contributed by atoms with Crippen LogP contribution in [0.15, 0.2) is 89.7 Å². The molecule has 4 heterocycles. The van der Waals surface area contributed by atoms with Crippen molar-refractivity contribution in [2.75, 3.05) is 51.2 Å². The van der Waals surface area contributed by atoms with E-state index < -0.39 is 107 Å². The Balaban J connectivity index is 0.000000219. The molecule has 34 heteroatoms. The van der Waals surface area contributed by atoms with Gasteiger partial charge in [-0.25, -0.2) is 46.3 Å². The number of hydrogen-bond donors (Lipinski definition) is 6. The predicted octanol–water partition coefficient (Wildman–Crippen LogP) is 10.1. The van der Waals surface area contributed by atoms with Crippen LogP contribution < -0.4 is 27.6 Å². The summed E-state index contributed by atoms with van der Waals surface area (Å²) in [5.41, 5.74) is 10.2. The van der Waals surface area contributed by atoms with Crippen molar-refractivity contribution in [1.82, 2.24) is 39.5 Å². The van der Waals surface area contributed by atoms with Gasteiger partial charge < -0.3 is 41.6 Å². The molecule has 20 nitrogen and oxygen atoms in total. The average molecular weight is 1470 g/mol. The van der Waals surface area contributed by atoms with Gasteiger partial charge in [0.05, 0.1) is 53.3 Å². The Morgan fingerprint density at radius 3 is 1.45 bits per heavy atom. The summed E-state index contributed by atoms with van der Waals surface area (Å²) in [6.07, 6.45) is -3.23. The third-order valence-corrected chi connectivity index (χ3v) is 16.7. The van der Waals surface area contributed by atoms with E-state index in [1.807, 2.05) is 0 Å². The number of ketones is 2. The van der Waals surface area contributed by atoms with Gasteiger partial charge in [0.1, 0.15) is 34.9 Å². The van der Waals surface area contributed by atoms with E-state index in [0.717, 1.165) is 51.8 Å². The molecule has 10 rings (SSSR count). The Bertz CT molecular complexity index is 4220. The first-order valence-corrected chi connectivity index (χ1v) is 31.8. The zero-order chi connectivity index (χ0) is 72.8. The van der Waals surface area contributed by atoms with Crippen LogP contribution >= 0.6 is 15.9 Å². The Kier molecular flexibility index (Phi) is 26.3. The van der Waals surface area contributed by atoms with Crippen molar-refractivity contribution in [3.05, 3.63) is 192 Å². The van der Waals surface area contributed by atoms with Crippen LogP contribution in [-0.4, -0.2) is 121 Å². The molecule has 2 aliphatic carbocycles. The predicted molar refractivity (Wildman–Crippen MR) is 344 cm³/mol. The molecule has 0 radical (unpaired) electrons.